The molecule has 0 aliphatic heterocycles. The third-order valence-corrected chi connectivity index (χ3v) is 3.86. The summed E-state index contributed by atoms with van der Waals surface area (Å²) >= 11 is 1.75. The Balaban J connectivity index is 1.96. The predicted octanol–water partition coefficient (Wildman–Crippen LogP) is 4.38. The van der Waals surface area contributed by atoms with Crippen LogP contribution in [0.3, 0.4) is 0 Å². The van der Waals surface area contributed by atoms with Crippen LogP contribution in [0.4, 0.5) is 15.8 Å². The summed E-state index contributed by atoms with van der Waals surface area (Å²) in [5, 5.41) is 13.9. The fraction of sp³-hybridized carbons (Fsp3) is 0.200. The Bertz CT molecular complexity index is 635. The largest absolute Gasteiger partial charge is 0.379 e. The quantitative estimate of drug-likeness (QED) is 0.339. The molecule has 0 fully saturated rings. The Morgan fingerprint density at radius 1 is 1.24 bits per heavy atom. The van der Waals surface area contributed by atoms with Gasteiger partial charge in [0.1, 0.15) is 11.5 Å². The number of nitrogens with zero attached hydrogens (tertiary/aromatic N) is 1. The zero-order chi connectivity index (χ0) is 15.2. The SMILES string of the molecule is O=[N+]([O-])c1cc(I)c(F)cc1NCCCc1ccccc1. The van der Waals surface area contributed by atoms with Gasteiger partial charge in [0.2, 0.25) is 0 Å². The van der Waals surface area contributed by atoms with E-state index in [0.29, 0.717) is 6.54 Å². The highest BCUT2D eigenvalue weighted by Crippen LogP contribution is 2.28. The maximum Gasteiger partial charge on any atom is 0.293 e. The van der Waals surface area contributed by atoms with Crippen LogP contribution in [0.15, 0.2) is 42.5 Å². The molecule has 0 heterocycles. The van der Waals surface area contributed by atoms with Crippen LogP contribution in [0.1, 0.15) is 12.0 Å². The summed E-state index contributed by atoms with van der Waals surface area (Å²) in [6.45, 7) is 0.551. The van der Waals surface area contributed by atoms with E-state index in [0.717, 1.165) is 12.8 Å². The maximum absolute atomic E-state index is 13.5. The second-order valence-electron chi connectivity index (χ2n) is 4.56. The van der Waals surface area contributed by atoms with Crippen molar-refractivity contribution in [3.05, 3.63) is 67.5 Å². The highest BCUT2D eigenvalue weighted by atomic mass is 127. The third-order valence-electron chi connectivity index (χ3n) is 3.04. The number of aryl methyl sites for hydroxylation is 1. The Morgan fingerprint density at radius 2 is 1.95 bits per heavy atom. The van der Waals surface area contributed by atoms with Crippen LogP contribution in [0, 0.1) is 19.5 Å². The van der Waals surface area contributed by atoms with E-state index in [1.165, 1.54) is 17.7 Å². The Labute approximate surface area is 135 Å². The van der Waals surface area contributed by atoms with Gasteiger partial charge in [-0.25, -0.2) is 4.39 Å². The summed E-state index contributed by atoms with van der Waals surface area (Å²) in [5.41, 5.74) is 1.34. The highest BCUT2D eigenvalue weighted by molar-refractivity contribution is 14.1. The molecule has 4 nitrogen and oxygen atoms in total. The molecule has 0 saturated heterocycles. The molecule has 0 aliphatic carbocycles. The van der Waals surface area contributed by atoms with Gasteiger partial charge in [0.05, 0.1) is 8.49 Å². The van der Waals surface area contributed by atoms with Crippen LogP contribution in [0.2, 0.25) is 0 Å². The molecule has 2 aromatic rings. The van der Waals surface area contributed by atoms with E-state index in [4.69, 9.17) is 0 Å². The molecule has 0 unspecified atom stereocenters. The highest BCUT2D eigenvalue weighted by Gasteiger charge is 2.16. The van der Waals surface area contributed by atoms with Gasteiger partial charge in [-0.05, 0) is 41.0 Å². The van der Waals surface area contributed by atoms with Crippen molar-refractivity contribution in [2.45, 2.75) is 12.8 Å². The third kappa shape index (κ3) is 4.38. The number of rotatable bonds is 6. The molecular weight excluding hydrogens is 386 g/mol. The van der Waals surface area contributed by atoms with E-state index in [2.05, 4.69) is 5.32 Å². The number of halogens is 2. The standard InChI is InChI=1S/C15H14FIN2O2/c16-12-9-14(15(19(20)21)10-13(12)17)18-8-4-7-11-5-2-1-3-6-11/h1-3,5-6,9-10,18H,4,7-8H2. The summed E-state index contributed by atoms with van der Waals surface area (Å²) in [4.78, 5) is 10.5. The average Bonchev–Trinajstić information content (AvgIpc) is 2.47. The fourth-order valence-corrected chi connectivity index (χ4v) is 2.44. The van der Waals surface area contributed by atoms with Crippen molar-refractivity contribution in [2.75, 3.05) is 11.9 Å². The molecule has 0 saturated carbocycles. The van der Waals surface area contributed by atoms with Crippen LogP contribution in [-0.2, 0) is 6.42 Å². The Morgan fingerprint density at radius 3 is 2.62 bits per heavy atom. The zero-order valence-corrected chi connectivity index (χ0v) is 13.3. The first-order chi connectivity index (χ1) is 10.1. The first-order valence-electron chi connectivity index (χ1n) is 6.49. The minimum Gasteiger partial charge on any atom is -0.379 e. The minimum atomic E-state index is -0.499. The lowest BCUT2D eigenvalue weighted by atomic mass is 10.1. The van der Waals surface area contributed by atoms with Crippen molar-refractivity contribution < 1.29 is 9.31 Å². The monoisotopic (exact) mass is 400 g/mol. The van der Waals surface area contributed by atoms with Gasteiger partial charge in [0.15, 0.2) is 0 Å². The zero-order valence-electron chi connectivity index (χ0n) is 11.2. The lowest BCUT2D eigenvalue weighted by Crippen LogP contribution is -2.06. The van der Waals surface area contributed by atoms with Crippen molar-refractivity contribution in [1.82, 2.24) is 0 Å². The maximum atomic E-state index is 13.5. The van der Waals surface area contributed by atoms with Gasteiger partial charge in [-0.2, -0.15) is 0 Å². The summed E-state index contributed by atoms with van der Waals surface area (Å²) in [7, 11) is 0. The van der Waals surface area contributed by atoms with Crippen LogP contribution >= 0.6 is 22.6 Å². The van der Waals surface area contributed by atoms with E-state index >= 15 is 0 Å². The molecule has 0 spiro atoms. The van der Waals surface area contributed by atoms with E-state index in [-0.39, 0.29) is 14.9 Å². The van der Waals surface area contributed by atoms with Gasteiger partial charge >= 0.3 is 0 Å². The van der Waals surface area contributed by atoms with Crippen molar-refractivity contribution in [3.63, 3.8) is 0 Å². The molecular formula is C15H14FIN2O2. The number of hydrogen-bond donors (Lipinski definition) is 1. The summed E-state index contributed by atoms with van der Waals surface area (Å²) in [5.74, 6) is -0.452. The van der Waals surface area contributed by atoms with Crippen molar-refractivity contribution in [1.29, 1.82) is 0 Å². The van der Waals surface area contributed by atoms with E-state index < -0.39 is 10.7 Å². The minimum absolute atomic E-state index is 0.0967. The molecule has 2 aromatic carbocycles. The Hall–Kier alpha value is -1.70. The number of benzene rings is 2. The number of nitrogens with one attached hydrogen (secondary N) is 1. The van der Waals surface area contributed by atoms with Gasteiger partial charge in [-0.1, -0.05) is 30.3 Å². The molecule has 21 heavy (non-hydrogen) atoms. The van der Waals surface area contributed by atoms with Gasteiger partial charge in [-0.15, -0.1) is 0 Å². The molecule has 2 rings (SSSR count). The van der Waals surface area contributed by atoms with Gasteiger partial charge in [-0.3, -0.25) is 10.1 Å². The summed E-state index contributed by atoms with van der Waals surface area (Å²) in [6.07, 6.45) is 1.68. The molecule has 0 amide bonds. The molecule has 0 radical (unpaired) electrons. The second-order valence-corrected chi connectivity index (χ2v) is 5.72. The second kappa shape index (κ2) is 7.35. The number of anilines is 1. The number of hydrogen-bond acceptors (Lipinski definition) is 3. The molecule has 0 aromatic heterocycles. The first kappa shape index (κ1) is 15.7. The molecule has 110 valence electrons. The Kier molecular flexibility index (Phi) is 5.49. The van der Waals surface area contributed by atoms with E-state index in [9.17, 15) is 14.5 Å². The van der Waals surface area contributed by atoms with Crippen LogP contribution < -0.4 is 5.32 Å². The molecule has 6 heteroatoms. The van der Waals surface area contributed by atoms with E-state index in [1.807, 2.05) is 30.3 Å². The van der Waals surface area contributed by atoms with E-state index in [1.54, 1.807) is 22.6 Å². The van der Waals surface area contributed by atoms with Gasteiger partial charge in [0.25, 0.3) is 5.69 Å². The molecule has 0 aliphatic rings. The fourth-order valence-electron chi connectivity index (χ4n) is 1.99. The predicted molar refractivity (Wildman–Crippen MR) is 89.0 cm³/mol. The molecule has 1 N–H and O–H groups in total. The molecule has 0 atom stereocenters. The van der Waals surface area contributed by atoms with Gasteiger partial charge in [0, 0.05) is 18.7 Å². The van der Waals surface area contributed by atoms with Crippen molar-refractivity contribution in [3.8, 4) is 0 Å². The summed E-state index contributed by atoms with van der Waals surface area (Å²) < 4.78 is 13.8. The average molecular weight is 400 g/mol. The topological polar surface area (TPSA) is 55.2 Å². The summed E-state index contributed by atoms with van der Waals surface area (Å²) in [6, 6.07) is 12.4. The molecule has 0 bridgehead atoms. The number of nitro groups is 1. The van der Waals surface area contributed by atoms with Crippen LogP contribution in [0.25, 0.3) is 0 Å². The lowest BCUT2D eigenvalue weighted by molar-refractivity contribution is -0.384. The van der Waals surface area contributed by atoms with Crippen LogP contribution in [-0.4, -0.2) is 11.5 Å². The van der Waals surface area contributed by atoms with Crippen molar-refractivity contribution in [2.24, 2.45) is 0 Å². The van der Waals surface area contributed by atoms with Crippen molar-refractivity contribution >= 4 is 34.0 Å². The first-order valence-corrected chi connectivity index (χ1v) is 7.57. The van der Waals surface area contributed by atoms with Crippen LogP contribution in [0.5, 0.6) is 0 Å². The smallest absolute Gasteiger partial charge is 0.293 e. The normalized spacial score (nSPS) is 10.4. The van der Waals surface area contributed by atoms with Gasteiger partial charge < -0.3 is 5.32 Å². The number of nitro benzene ring substituents is 1. The lowest BCUT2D eigenvalue weighted by Gasteiger charge is -2.08.